The van der Waals surface area contributed by atoms with Gasteiger partial charge in [-0.2, -0.15) is 0 Å². The van der Waals surface area contributed by atoms with Gasteiger partial charge in [-0.15, -0.1) is 0 Å². The second kappa shape index (κ2) is 5.31. The Morgan fingerprint density at radius 1 is 1.65 bits per heavy atom. The zero-order valence-electron chi connectivity index (χ0n) is 10.5. The van der Waals surface area contributed by atoms with E-state index in [0.717, 1.165) is 32.5 Å². The van der Waals surface area contributed by atoms with Crippen molar-refractivity contribution < 1.29 is 4.79 Å². The largest absolute Gasteiger partial charge is 0.340 e. The third-order valence-electron chi connectivity index (χ3n) is 3.16. The number of amides is 1. The molecule has 1 aliphatic heterocycles. The van der Waals surface area contributed by atoms with E-state index in [-0.39, 0.29) is 5.91 Å². The van der Waals surface area contributed by atoms with E-state index in [0.29, 0.717) is 11.7 Å². The molecule has 2 rings (SSSR count). The second-order valence-electron chi connectivity index (χ2n) is 4.57. The summed E-state index contributed by atoms with van der Waals surface area (Å²) >= 11 is 0. The molecule has 1 amide bonds. The molecule has 0 aliphatic carbocycles. The van der Waals surface area contributed by atoms with Gasteiger partial charge in [0.25, 0.3) is 5.91 Å². The third kappa shape index (κ3) is 2.66. The molecular formula is C12H20N4O. The van der Waals surface area contributed by atoms with Crippen molar-refractivity contribution in [2.75, 3.05) is 19.6 Å². The highest BCUT2D eigenvalue weighted by Gasteiger charge is 2.27. The molecule has 17 heavy (non-hydrogen) atoms. The Labute approximate surface area is 102 Å². The SMILES string of the molecule is CCCC1CNCCN1C(=O)c1cn(C)cn1. The fraction of sp³-hybridized carbons (Fsp3) is 0.667. The number of rotatable bonds is 3. The molecule has 5 heteroatoms. The summed E-state index contributed by atoms with van der Waals surface area (Å²) in [6.45, 7) is 4.70. The predicted octanol–water partition coefficient (Wildman–Crippen LogP) is 0.634. The maximum Gasteiger partial charge on any atom is 0.274 e. The molecule has 94 valence electrons. The van der Waals surface area contributed by atoms with Crippen LogP contribution in [0.1, 0.15) is 30.3 Å². The van der Waals surface area contributed by atoms with Crippen molar-refractivity contribution in [2.24, 2.45) is 7.05 Å². The van der Waals surface area contributed by atoms with Gasteiger partial charge in [-0.1, -0.05) is 13.3 Å². The van der Waals surface area contributed by atoms with E-state index >= 15 is 0 Å². The lowest BCUT2D eigenvalue weighted by molar-refractivity contribution is 0.0619. The molecule has 0 aromatic carbocycles. The topological polar surface area (TPSA) is 50.2 Å². The van der Waals surface area contributed by atoms with E-state index in [1.165, 1.54) is 0 Å². The van der Waals surface area contributed by atoms with Crippen LogP contribution in [0.15, 0.2) is 12.5 Å². The summed E-state index contributed by atoms with van der Waals surface area (Å²) in [7, 11) is 1.88. The average Bonchev–Trinajstić information content (AvgIpc) is 2.76. The van der Waals surface area contributed by atoms with Crippen LogP contribution >= 0.6 is 0 Å². The van der Waals surface area contributed by atoms with E-state index in [4.69, 9.17) is 0 Å². The highest BCUT2D eigenvalue weighted by atomic mass is 16.2. The van der Waals surface area contributed by atoms with Gasteiger partial charge in [0.15, 0.2) is 0 Å². The minimum Gasteiger partial charge on any atom is -0.340 e. The van der Waals surface area contributed by atoms with E-state index in [1.807, 2.05) is 16.5 Å². The summed E-state index contributed by atoms with van der Waals surface area (Å²) < 4.78 is 1.81. The Morgan fingerprint density at radius 2 is 2.47 bits per heavy atom. The molecule has 0 spiro atoms. The van der Waals surface area contributed by atoms with Crippen LogP contribution < -0.4 is 5.32 Å². The fourth-order valence-electron chi connectivity index (χ4n) is 2.29. The van der Waals surface area contributed by atoms with Gasteiger partial charge in [0, 0.05) is 38.9 Å². The molecule has 0 radical (unpaired) electrons. The number of carbonyl (C=O) groups excluding carboxylic acids is 1. The number of nitrogens with one attached hydrogen (secondary N) is 1. The van der Waals surface area contributed by atoms with Gasteiger partial charge in [0.05, 0.1) is 6.33 Å². The zero-order valence-corrected chi connectivity index (χ0v) is 10.5. The van der Waals surface area contributed by atoms with Gasteiger partial charge in [-0.05, 0) is 6.42 Å². The van der Waals surface area contributed by atoms with Crippen LogP contribution in [0.4, 0.5) is 0 Å². The first kappa shape index (κ1) is 12.1. The second-order valence-corrected chi connectivity index (χ2v) is 4.57. The quantitative estimate of drug-likeness (QED) is 0.837. The summed E-state index contributed by atoms with van der Waals surface area (Å²) in [5.41, 5.74) is 0.551. The third-order valence-corrected chi connectivity index (χ3v) is 3.16. The highest BCUT2D eigenvalue weighted by Crippen LogP contribution is 2.13. The van der Waals surface area contributed by atoms with Crippen molar-refractivity contribution in [2.45, 2.75) is 25.8 Å². The normalized spacial score (nSPS) is 20.6. The Kier molecular flexibility index (Phi) is 3.78. The van der Waals surface area contributed by atoms with E-state index in [9.17, 15) is 4.79 Å². The summed E-state index contributed by atoms with van der Waals surface area (Å²) in [5.74, 6) is 0.0607. The Morgan fingerprint density at radius 3 is 3.12 bits per heavy atom. The summed E-state index contributed by atoms with van der Waals surface area (Å²) in [6.07, 6.45) is 5.60. The molecule has 1 aromatic rings. The highest BCUT2D eigenvalue weighted by molar-refractivity contribution is 5.92. The lowest BCUT2D eigenvalue weighted by Gasteiger charge is -2.35. The van der Waals surface area contributed by atoms with E-state index in [2.05, 4.69) is 17.2 Å². The molecule has 1 aromatic heterocycles. The van der Waals surface area contributed by atoms with Crippen LogP contribution in [0.5, 0.6) is 0 Å². The van der Waals surface area contributed by atoms with Crippen molar-refractivity contribution in [3.63, 3.8) is 0 Å². The fourth-order valence-corrected chi connectivity index (χ4v) is 2.29. The van der Waals surface area contributed by atoms with Gasteiger partial charge >= 0.3 is 0 Å². The minimum atomic E-state index is 0.0607. The Bertz CT molecular complexity index is 386. The number of hydrogen-bond donors (Lipinski definition) is 1. The monoisotopic (exact) mass is 236 g/mol. The molecule has 0 bridgehead atoms. The maximum absolute atomic E-state index is 12.3. The molecular weight excluding hydrogens is 216 g/mol. The molecule has 0 saturated carbocycles. The van der Waals surface area contributed by atoms with Gasteiger partial charge in [-0.3, -0.25) is 4.79 Å². The van der Waals surface area contributed by atoms with Gasteiger partial charge in [0.2, 0.25) is 0 Å². The number of hydrogen-bond acceptors (Lipinski definition) is 3. The average molecular weight is 236 g/mol. The van der Waals surface area contributed by atoms with Crippen LogP contribution in [0, 0.1) is 0 Å². The number of carbonyl (C=O) groups is 1. The van der Waals surface area contributed by atoms with Crippen LogP contribution in [0.3, 0.4) is 0 Å². The molecule has 1 saturated heterocycles. The van der Waals surface area contributed by atoms with Crippen LogP contribution in [-0.4, -0.2) is 46.0 Å². The van der Waals surface area contributed by atoms with Crippen molar-refractivity contribution in [3.05, 3.63) is 18.2 Å². The smallest absolute Gasteiger partial charge is 0.274 e. The first-order valence-corrected chi connectivity index (χ1v) is 6.22. The van der Waals surface area contributed by atoms with Crippen molar-refractivity contribution in [3.8, 4) is 0 Å². The van der Waals surface area contributed by atoms with Crippen LogP contribution in [-0.2, 0) is 7.05 Å². The number of nitrogens with zero attached hydrogens (tertiary/aromatic N) is 3. The minimum absolute atomic E-state index is 0.0607. The summed E-state index contributed by atoms with van der Waals surface area (Å²) in [6, 6.07) is 0.309. The Balaban J connectivity index is 2.10. The molecule has 5 nitrogen and oxygen atoms in total. The van der Waals surface area contributed by atoms with E-state index < -0.39 is 0 Å². The number of aryl methyl sites for hydroxylation is 1. The van der Waals surface area contributed by atoms with Gasteiger partial charge in [-0.25, -0.2) is 4.98 Å². The molecule has 1 aliphatic rings. The van der Waals surface area contributed by atoms with Crippen molar-refractivity contribution in [1.82, 2.24) is 19.8 Å². The molecule has 1 N–H and O–H groups in total. The molecule has 1 fully saturated rings. The first-order valence-electron chi connectivity index (χ1n) is 6.22. The molecule has 2 heterocycles. The van der Waals surface area contributed by atoms with Crippen molar-refractivity contribution >= 4 is 5.91 Å². The predicted molar refractivity (Wildman–Crippen MR) is 65.8 cm³/mol. The lowest BCUT2D eigenvalue weighted by atomic mass is 10.1. The number of piperazine rings is 1. The molecule has 1 atom stereocenters. The maximum atomic E-state index is 12.3. The van der Waals surface area contributed by atoms with Gasteiger partial charge < -0.3 is 14.8 Å². The van der Waals surface area contributed by atoms with Crippen LogP contribution in [0.25, 0.3) is 0 Å². The standard InChI is InChI=1S/C12H20N4O/c1-3-4-10-7-13-5-6-16(10)12(17)11-8-15(2)9-14-11/h8-10,13H,3-7H2,1-2H3. The summed E-state index contributed by atoms with van der Waals surface area (Å²) in [4.78, 5) is 18.4. The zero-order chi connectivity index (χ0) is 12.3. The van der Waals surface area contributed by atoms with Gasteiger partial charge in [0.1, 0.15) is 5.69 Å². The van der Waals surface area contributed by atoms with E-state index in [1.54, 1.807) is 12.5 Å². The van der Waals surface area contributed by atoms with Crippen LogP contribution in [0.2, 0.25) is 0 Å². The lowest BCUT2D eigenvalue weighted by Crippen LogP contribution is -2.53. The summed E-state index contributed by atoms with van der Waals surface area (Å²) in [5, 5.41) is 3.34. The first-order chi connectivity index (χ1) is 8.22. The number of aromatic nitrogens is 2. The Hall–Kier alpha value is -1.36. The number of imidazole rings is 1. The van der Waals surface area contributed by atoms with Crippen molar-refractivity contribution in [1.29, 1.82) is 0 Å². The molecule has 1 unspecified atom stereocenters.